The fourth-order valence-corrected chi connectivity index (χ4v) is 2.50. The fourth-order valence-electron chi connectivity index (χ4n) is 2.50. The first kappa shape index (κ1) is 15.9. The zero-order chi connectivity index (χ0) is 13.8. The highest BCUT2D eigenvalue weighted by Crippen LogP contribution is 2.25. The summed E-state index contributed by atoms with van der Waals surface area (Å²) in [5, 5.41) is 13.2. The van der Waals surface area contributed by atoms with Gasteiger partial charge >= 0.3 is 0 Å². The largest absolute Gasteiger partial charge is 0.394 e. The van der Waals surface area contributed by atoms with Crippen molar-refractivity contribution < 1.29 is 5.11 Å². The third-order valence-corrected chi connectivity index (χ3v) is 4.27. The highest BCUT2D eigenvalue weighted by molar-refractivity contribution is 4.94. The van der Waals surface area contributed by atoms with E-state index in [9.17, 15) is 5.11 Å². The molecule has 1 saturated carbocycles. The predicted octanol–water partition coefficient (Wildman–Crippen LogP) is 2.25. The van der Waals surface area contributed by atoms with Crippen molar-refractivity contribution in [1.29, 1.82) is 0 Å². The minimum absolute atomic E-state index is 0.121. The van der Waals surface area contributed by atoms with Crippen molar-refractivity contribution in [3.05, 3.63) is 0 Å². The number of nitrogens with zero attached hydrogens (tertiary/aromatic N) is 1. The van der Waals surface area contributed by atoms with Crippen LogP contribution in [-0.4, -0.2) is 47.8 Å². The summed E-state index contributed by atoms with van der Waals surface area (Å²) in [6.45, 7) is 10.3. The molecule has 1 aliphatic carbocycles. The van der Waals surface area contributed by atoms with Gasteiger partial charge in [-0.2, -0.15) is 0 Å². The lowest BCUT2D eigenvalue weighted by atomic mass is 9.93. The zero-order valence-corrected chi connectivity index (χ0v) is 12.9. The second-order valence-corrected chi connectivity index (χ2v) is 6.64. The topological polar surface area (TPSA) is 35.5 Å². The molecule has 0 aromatic heterocycles. The van der Waals surface area contributed by atoms with Crippen LogP contribution in [0.1, 0.15) is 53.4 Å². The summed E-state index contributed by atoms with van der Waals surface area (Å²) >= 11 is 0. The van der Waals surface area contributed by atoms with Crippen molar-refractivity contribution in [3.63, 3.8) is 0 Å². The molecule has 0 bridgehead atoms. The molecule has 0 aliphatic heterocycles. The normalized spacial score (nSPS) is 22.8. The van der Waals surface area contributed by atoms with E-state index >= 15 is 0 Å². The van der Waals surface area contributed by atoms with Gasteiger partial charge in [0.1, 0.15) is 0 Å². The third-order valence-electron chi connectivity index (χ3n) is 4.27. The summed E-state index contributed by atoms with van der Waals surface area (Å²) < 4.78 is 0. The number of hydrogen-bond acceptors (Lipinski definition) is 3. The van der Waals surface area contributed by atoms with Crippen LogP contribution in [0.2, 0.25) is 0 Å². The van der Waals surface area contributed by atoms with Crippen molar-refractivity contribution in [2.75, 3.05) is 20.2 Å². The maximum atomic E-state index is 9.64. The van der Waals surface area contributed by atoms with Crippen LogP contribution >= 0.6 is 0 Å². The Hall–Kier alpha value is -0.120. The van der Waals surface area contributed by atoms with Crippen molar-refractivity contribution in [2.24, 2.45) is 5.92 Å². The summed E-state index contributed by atoms with van der Waals surface area (Å²) in [5.41, 5.74) is -0.121. The van der Waals surface area contributed by atoms with Gasteiger partial charge in [0, 0.05) is 24.2 Å². The van der Waals surface area contributed by atoms with Crippen molar-refractivity contribution >= 4 is 0 Å². The lowest BCUT2D eigenvalue weighted by Crippen LogP contribution is -2.51. The molecule has 0 aromatic rings. The van der Waals surface area contributed by atoms with Crippen LogP contribution in [-0.2, 0) is 0 Å². The molecule has 0 heterocycles. The SMILES string of the molecule is CCC(C)CN(C)C(C)CC(C)(CO)NC1CC1. The summed E-state index contributed by atoms with van der Waals surface area (Å²) in [4.78, 5) is 2.43. The second-order valence-electron chi connectivity index (χ2n) is 6.64. The molecule has 1 rings (SSSR count). The van der Waals surface area contributed by atoms with E-state index < -0.39 is 0 Å². The van der Waals surface area contributed by atoms with Gasteiger partial charge in [0.15, 0.2) is 0 Å². The first-order valence-electron chi connectivity index (χ1n) is 7.49. The van der Waals surface area contributed by atoms with E-state index in [1.807, 2.05) is 0 Å². The minimum atomic E-state index is -0.121. The first-order valence-corrected chi connectivity index (χ1v) is 7.49. The van der Waals surface area contributed by atoms with E-state index in [0.29, 0.717) is 12.1 Å². The summed E-state index contributed by atoms with van der Waals surface area (Å²) in [5.74, 6) is 0.745. The number of rotatable bonds is 9. The van der Waals surface area contributed by atoms with Crippen LogP contribution < -0.4 is 5.32 Å². The molecule has 0 saturated heterocycles. The Balaban J connectivity index is 2.41. The van der Waals surface area contributed by atoms with E-state index in [4.69, 9.17) is 0 Å². The molecule has 108 valence electrons. The molecule has 3 unspecified atom stereocenters. The average molecular weight is 256 g/mol. The van der Waals surface area contributed by atoms with Crippen LogP contribution in [0.5, 0.6) is 0 Å². The van der Waals surface area contributed by atoms with Crippen molar-refractivity contribution in [1.82, 2.24) is 10.2 Å². The predicted molar refractivity (Wildman–Crippen MR) is 77.8 cm³/mol. The van der Waals surface area contributed by atoms with Crippen molar-refractivity contribution in [3.8, 4) is 0 Å². The Kier molecular flexibility index (Phi) is 6.09. The summed E-state index contributed by atoms with van der Waals surface area (Å²) in [7, 11) is 2.20. The molecule has 3 nitrogen and oxygen atoms in total. The Labute approximate surface area is 113 Å². The van der Waals surface area contributed by atoms with Gasteiger partial charge in [-0.15, -0.1) is 0 Å². The van der Waals surface area contributed by atoms with E-state index in [2.05, 4.69) is 45.0 Å². The van der Waals surface area contributed by atoms with Gasteiger partial charge in [-0.3, -0.25) is 0 Å². The Morgan fingerprint density at radius 1 is 1.39 bits per heavy atom. The second kappa shape index (κ2) is 6.88. The molecule has 18 heavy (non-hydrogen) atoms. The van der Waals surface area contributed by atoms with Gasteiger partial charge < -0.3 is 15.3 Å². The summed E-state index contributed by atoms with van der Waals surface area (Å²) in [6.07, 6.45) is 4.78. The third kappa shape index (κ3) is 5.25. The summed E-state index contributed by atoms with van der Waals surface area (Å²) in [6, 6.07) is 1.15. The monoisotopic (exact) mass is 256 g/mol. The average Bonchev–Trinajstić information content (AvgIpc) is 3.12. The lowest BCUT2D eigenvalue weighted by molar-refractivity contribution is 0.118. The van der Waals surface area contributed by atoms with E-state index in [1.165, 1.54) is 19.3 Å². The molecule has 2 N–H and O–H groups in total. The Morgan fingerprint density at radius 2 is 2.00 bits per heavy atom. The number of nitrogens with one attached hydrogen (secondary N) is 1. The molecular formula is C15H32N2O. The molecule has 0 spiro atoms. The Morgan fingerprint density at radius 3 is 2.44 bits per heavy atom. The quantitative estimate of drug-likeness (QED) is 0.664. The van der Waals surface area contributed by atoms with Gasteiger partial charge in [-0.05, 0) is 46.1 Å². The van der Waals surface area contributed by atoms with Gasteiger partial charge in [0.25, 0.3) is 0 Å². The number of aliphatic hydroxyl groups excluding tert-OH is 1. The first-order chi connectivity index (χ1) is 8.40. The minimum Gasteiger partial charge on any atom is -0.394 e. The lowest BCUT2D eigenvalue weighted by Gasteiger charge is -2.36. The van der Waals surface area contributed by atoms with Gasteiger partial charge in [0.05, 0.1) is 6.61 Å². The van der Waals surface area contributed by atoms with E-state index in [-0.39, 0.29) is 12.1 Å². The van der Waals surface area contributed by atoms with Gasteiger partial charge in [0.2, 0.25) is 0 Å². The highest BCUT2D eigenvalue weighted by atomic mass is 16.3. The molecular weight excluding hydrogens is 224 g/mol. The van der Waals surface area contributed by atoms with E-state index in [0.717, 1.165) is 18.9 Å². The van der Waals surface area contributed by atoms with Gasteiger partial charge in [-0.1, -0.05) is 20.3 Å². The van der Waals surface area contributed by atoms with Crippen LogP contribution in [0.15, 0.2) is 0 Å². The highest BCUT2D eigenvalue weighted by Gasteiger charge is 2.33. The fraction of sp³-hybridized carbons (Fsp3) is 1.00. The maximum absolute atomic E-state index is 9.64. The van der Waals surface area contributed by atoms with Crippen LogP contribution in [0.4, 0.5) is 0 Å². The Bertz CT molecular complexity index is 243. The number of hydrogen-bond donors (Lipinski definition) is 2. The molecule has 0 amide bonds. The molecule has 1 aliphatic rings. The van der Waals surface area contributed by atoms with Crippen LogP contribution in [0, 0.1) is 5.92 Å². The standard InChI is InChI=1S/C15H32N2O/c1-6-12(2)10-17(5)13(3)9-15(4,11-18)16-14-7-8-14/h12-14,16,18H,6-11H2,1-5H3. The van der Waals surface area contributed by atoms with Crippen molar-refractivity contribution in [2.45, 2.75) is 71.0 Å². The smallest absolute Gasteiger partial charge is 0.0611 e. The number of aliphatic hydroxyl groups is 1. The molecule has 0 radical (unpaired) electrons. The van der Waals surface area contributed by atoms with E-state index in [1.54, 1.807) is 0 Å². The van der Waals surface area contributed by atoms with Crippen LogP contribution in [0.25, 0.3) is 0 Å². The van der Waals surface area contributed by atoms with Gasteiger partial charge in [-0.25, -0.2) is 0 Å². The maximum Gasteiger partial charge on any atom is 0.0611 e. The molecule has 0 aromatic carbocycles. The molecule has 1 fully saturated rings. The molecule has 3 heteroatoms. The zero-order valence-electron chi connectivity index (χ0n) is 12.9. The molecule has 3 atom stereocenters. The van der Waals surface area contributed by atoms with Crippen LogP contribution in [0.3, 0.4) is 0 Å².